The minimum Gasteiger partial charge on any atom is -0.459 e. The van der Waals surface area contributed by atoms with Crippen LogP contribution < -0.4 is 16.0 Å². The average molecular weight is 431 g/mol. The van der Waals surface area contributed by atoms with Crippen molar-refractivity contribution in [3.63, 3.8) is 0 Å². The first-order valence-corrected chi connectivity index (χ1v) is 8.88. The number of carbonyl (C=O) groups excluding carboxylic acids is 3. The monoisotopic (exact) mass is 431 g/mol. The third kappa shape index (κ3) is 5.50. The maximum Gasteiger partial charge on any atom is 0.418 e. The number of nitrogens with one attached hydrogen (secondary N) is 3. The number of hydrogen-bond acceptors (Lipinski definition) is 4. The molecule has 0 aliphatic carbocycles. The van der Waals surface area contributed by atoms with Gasteiger partial charge in [0.1, 0.15) is 0 Å². The largest absolute Gasteiger partial charge is 0.459 e. The molecule has 0 bridgehead atoms. The zero-order valence-electron chi connectivity index (χ0n) is 16.0. The molecule has 2 aromatic carbocycles. The van der Waals surface area contributed by atoms with Crippen molar-refractivity contribution in [2.75, 3.05) is 16.0 Å². The molecule has 0 saturated heterocycles. The predicted octanol–water partition coefficient (Wildman–Crippen LogP) is 4.76. The third-order valence-corrected chi connectivity index (χ3v) is 4.04. The van der Waals surface area contributed by atoms with Crippen molar-refractivity contribution in [2.24, 2.45) is 0 Å². The fourth-order valence-electron chi connectivity index (χ4n) is 2.67. The van der Waals surface area contributed by atoms with Crippen molar-refractivity contribution in [3.05, 3.63) is 77.7 Å². The lowest BCUT2D eigenvalue weighted by atomic mass is 10.1. The number of hydrogen-bond donors (Lipinski definition) is 3. The predicted molar refractivity (Wildman–Crippen MR) is 107 cm³/mol. The Morgan fingerprint density at radius 2 is 1.52 bits per heavy atom. The standard InChI is InChI=1S/C21H16F3N3O4/c1-12(28)25-14-6-4-13(5-7-14)19(29)27-17-9-8-15(11-16(17)21(22,23)24)26-20(30)18-3-2-10-31-18/h2-11H,1H3,(H,25,28)(H,26,30)(H,27,29). The number of alkyl halides is 3. The van der Waals surface area contributed by atoms with Crippen molar-refractivity contribution in [1.82, 2.24) is 0 Å². The Bertz CT molecular complexity index is 1110. The molecule has 3 amide bonds. The molecule has 0 atom stereocenters. The molecule has 3 aromatic rings. The van der Waals surface area contributed by atoms with Crippen LogP contribution in [0, 0.1) is 0 Å². The highest BCUT2D eigenvalue weighted by molar-refractivity contribution is 6.06. The lowest BCUT2D eigenvalue weighted by molar-refractivity contribution is -0.136. The Morgan fingerprint density at radius 3 is 2.10 bits per heavy atom. The van der Waals surface area contributed by atoms with Gasteiger partial charge in [-0.05, 0) is 54.6 Å². The topological polar surface area (TPSA) is 100 Å². The second-order valence-electron chi connectivity index (χ2n) is 6.40. The Balaban J connectivity index is 1.80. The molecular formula is C21H16F3N3O4. The number of carbonyl (C=O) groups is 3. The van der Waals surface area contributed by atoms with Gasteiger partial charge >= 0.3 is 6.18 Å². The van der Waals surface area contributed by atoms with Gasteiger partial charge in [0, 0.05) is 23.9 Å². The molecular weight excluding hydrogens is 415 g/mol. The van der Waals surface area contributed by atoms with E-state index in [0.29, 0.717) is 5.69 Å². The quantitative estimate of drug-likeness (QED) is 0.542. The Kier molecular flexibility index (Phi) is 6.10. The van der Waals surface area contributed by atoms with Crippen molar-refractivity contribution in [3.8, 4) is 0 Å². The molecule has 0 unspecified atom stereocenters. The van der Waals surface area contributed by atoms with Gasteiger partial charge in [0.25, 0.3) is 11.8 Å². The van der Waals surface area contributed by atoms with Gasteiger partial charge in [-0.1, -0.05) is 0 Å². The maximum absolute atomic E-state index is 13.5. The number of halogens is 3. The highest BCUT2D eigenvalue weighted by Gasteiger charge is 2.34. The third-order valence-electron chi connectivity index (χ3n) is 4.04. The van der Waals surface area contributed by atoms with Crippen LogP contribution in [0.5, 0.6) is 0 Å². The van der Waals surface area contributed by atoms with Crippen molar-refractivity contribution >= 4 is 34.8 Å². The zero-order valence-corrected chi connectivity index (χ0v) is 16.0. The van der Waals surface area contributed by atoms with E-state index in [0.717, 1.165) is 12.1 Å². The molecule has 0 aliphatic rings. The van der Waals surface area contributed by atoms with Crippen molar-refractivity contribution < 1.29 is 32.0 Å². The minimum absolute atomic E-state index is 0.0614. The van der Waals surface area contributed by atoms with Gasteiger partial charge in [-0.25, -0.2) is 0 Å². The SMILES string of the molecule is CC(=O)Nc1ccc(C(=O)Nc2ccc(NC(=O)c3ccco3)cc2C(F)(F)F)cc1. The molecule has 0 fully saturated rings. The van der Waals surface area contributed by atoms with Crippen LogP contribution in [0.2, 0.25) is 0 Å². The summed E-state index contributed by atoms with van der Waals surface area (Å²) in [5.41, 5.74) is -1.19. The summed E-state index contributed by atoms with van der Waals surface area (Å²) < 4.78 is 45.5. The summed E-state index contributed by atoms with van der Waals surface area (Å²) in [5, 5.41) is 7.06. The summed E-state index contributed by atoms with van der Waals surface area (Å²) in [4.78, 5) is 35.4. The molecule has 0 saturated carbocycles. The fourth-order valence-corrected chi connectivity index (χ4v) is 2.67. The molecule has 1 aromatic heterocycles. The van der Waals surface area contributed by atoms with E-state index in [1.54, 1.807) is 0 Å². The first-order chi connectivity index (χ1) is 14.6. The van der Waals surface area contributed by atoms with Gasteiger partial charge in [0.2, 0.25) is 5.91 Å². The lowest BCUT2D eigenvalue weighted by Crippen LogP contribution is -2.18. The van der Waals surface area contributed by atoms with Crippen LogP contribution in [-0.4, -0.2) is 17.7 Å². The lowest BCUT2D eigenvalue weighted by Gasteiger charge is -2.16. The zero-order chi connectivity index (χ0) is 22.6. The van der Waals surface area contributed by atoms with Gasteiger partial charge in [0.05, 0.1) is 17.5 Å². The van der Waals surface area contributed by atoms with Crippen LogP contribution in [0.3, 0.4) is 0 Å². The van der Waals surface area contributed by atoms with E-state index in [-0.39, 0.29) is 22.9 Å². The Labute approximate surface area is 174 Å². The number of benzene rings is 2. The summed E-state index contributed by atoms with van der Waals surface area (Å²) in [6, 6.07) is 11.5. The molecule has 160 valence electrons. The number of furan rings is 1. The van der Waals surface area contributed by atoms with E-state index in [9.17, 15) is 27.6 Å². The Hall–Kier alpha value is -4.08. The second-order valence-corrected chi connectivity index (χ2v) is 6.40. The molecule has 0 spiro atoms. The van der Waals surface area contributed by atoms with Crippen LogP contribution in [-0.2, 0) is 11.0 Å². The summed E-state index contributed by atoms with van der Waals surface area (Å²) in [5.74, 6) is -1.85. The summed E-state index contributed by atoms with van der Waals surface area (Å²) >= 11 is 0. The first kappa shape index (κ1) is 21.6. The summed E-state index contributed by atoms with van der Waals surface area (Å²) in [6.45, 7) is 1.32. The van der Waals surface area contributed by atoms with E-state index in [4.69, 9.17) is 4.42 Å². The number of rotatable bonds is 5. The van der Waals surface area contributed by atoms with Crippen molar-refractivity contribution in [2.45, 2.75) is 13.1 Å². The highest BCUT2D eigenvalue weighted by atomic mass is 19.4. The second kappa shape index (κ2) is 8.74. The fraction of sp³-hybridized carbons (Fsp3) is 0.0952. The molecule has 31 heavy (non-hydrogen) atoms. The molecule has 0 radical (unpaired) electrons. The van der Waals surface area contributed by atoms with Crippen LogP contribution >= 0.6 is 0 Å². The van der Waals surface area contributed by atoms with E-state index < -0.39 is 29.2 Å². The van der Waals surface area contributed by atoms with E-state index >= 15 is 0 Å². The highest BCUT2D eigenvalue weighted by Crippen LogP contribution is 2.37. The van der Waals surface area contributed by atoms with Crippen LogP contribution in [0.15, 0.2) is 65.3 Å². The number of anilines is 3. The average Bonchev–Trinajstić information content (AvgIpc) is 3.23. The van der Waals surface area contributed by atoms with Crippen molar-refractivity contribution in [1.29, 1.82) is 0 Å². The summed E-state index contributed by atoms with van der Waals surface area (Å²) in [7, 11) is 0. The molecule has 7 nitrogen and oxygen atoms in total. The Morgan fingerprint density at radius 1 is 0.839 bits per heavy atom. The smallest absolute Gasteiger partial charge is 0.418 e. The van der Waals surface area contributed by atoms with Crippen LogP contribution in [0.1, 0.15) is 33.4 Å². The molecule has 0 aliphatic heterocycles. The van der Waals surface area contributed by atoms with Crippen LogP contribution in [0.25, 0.3) is 0 Å². The van der Waals surface area contributed by atoms with Gasteiger partial charge in [-0.3, -0.25) is 14.4 Å². The minimum atomic E-state index is -4.79. The number of amides is 3. The van der Waals surface area contributed by atoms with E-state index in [2.05, 4.69) is 16.0 Å². The van der Waals surface area contributed by atoms with Gasteiger partial charge in [-0.15, -0.1) is 0 Å². The molecule has 10 heteroatoms. The first-order valence-electron chi connectivity index (χ1n) is 8.88. The van der Waals surface area contributed by atoms with E-state index in [1.165, 1.54) is 55.7 Å². The van der Waals surface area contributed by atoms with Gasteiger partial charge in [0.15, 0.2) is 5.76 Å². The maximum atomic E-state index is 13.5. The molecule has 3 N–H and O–H groups in total. The van der Waals surface area contributed by atoms with Gasteiger partial charge < -0.3 is 20.4 Å². The summed E-state index contributed by atoms with van der Waals surface area (Å²) in [6.07, 6.45) is -3.53. The van der Waals surface area contributed by atoms with Crippen LogP contribution in [0.4, 0.5) is 30.2 Å². The van der Waals surface area contributed by atoms with E-state index in [1.807, 2.05) is 0 Å². The molecule has 1 heterocycles. The van der Waals surface area contributed by atoms with Gasteiger partial charge in [-0.2, -0.15) is 13.2 Å². The normalized spacial score (nSPS) is 11.0. The molecule has 3 rings (SSSR count).